The third-order valence-electron chi connectivity index (χ3n) is 3.78. The Morgan fingerprint density at radius 3 is 2.46 bits per heavy atom. The van der Waals surface area contributed by atoms with Gasteiger partial charge in [-0.3, -0.25) is 9.78 Å². The molecule has 142 valence electrons. The summed E-state index contributed by atoms with van der Waals surface area (Å²) in [6.45, 7) is 5.42. The molecule has 3 rings (SSSR count). The molecule has 3 aromatic rings. The third-order valence-corrected chi connectivity index (χ3v) is 4.67. The number of anilines is 1. The quantitative estimate of drug-likeness (QED) is 0.545. The molecule has 0 saturated carbocycles. The lowest BCUT2D eigenvalue weighted by molar-refractivity contribution is 0.00722. The molecule has 0 fully saturated rings. The van der Waals surface area contributed by atoms with Crippen LogP contribution in [0.25, 0.3) is 11.1 Å². The van der Waals surface area contributed by atoms with Gasteiger partial charge in [0.05, 0.1) is 6.20 Å². The Morgan fingerprint density at radius 1 is 1.14 bits per heavy atom. The van der Waals surface area contributed by atoms with Gasteiger partial charge in [0.15, 0.2) is 0 Å². The van der Waals surface area contributed by atoms with Crippen LogP contribution in [-0.4, -0.2) is 35.3 Å². The highest BCUT2D eigenvalue weighted by atomic mass is 32.1. The highest BCUT2D eigenvalue weighted by Crippen LogP contribution is 2.37. The van der Waals surface area contributed by atoms with Crippen molar-refractivity contribution in [1.29, 1.82) is 0 Å². The Morgan fingerprint density at radius 2 is 1.86 bits per heavy atom. The van der Waals surface area contributed by atoms with Crippen molar-refractivity contribution in [3.8, 4) is 11.1 Å². The molecule has 6 nitrogen and oxygen atoms in total. The monoisotopic (exact) mass is 393 g/mol. The number of nitrogens with one attached hydrogen (secondary N) is 1. The molecule has 0 spiro atoms. The smallest absolute Gasteiger partial charge is 0.342 e. The first-order valence-corrected chi connectivity index (χ1v) is 9.62. The van der Waals surface area contributed by atoms with Crippen LogP contribution in [0, 0.1) is 0 Å². The van der Waals surface area contributed by atoms with E-state index < -0.39 is 17.5 Å². The number of amides is 1. The highest BCUT2D eigenvalue weighted by Gasteiger charge is 2.27. The van der Waals surface area contributed by atoms with Crippen molar-refractivity contribution in [1.82, 2.24) is 9.97 Å². The number of carbonyl (C=O) groups excluding carboxylic acids is 2. The first-order chi connectivity index (χ1) is 13.2. The molecule has 1 aromatic carbocycles. The molecule has 0 saturated heterocycles. The standard InChI is InChI=1S/C20H20BN3O3S/c1-20(2,3)27-19(26)16-14(12-4-6-13(21)7-5-12)11-28-18(16)24-17(25)15-10-22-8-9-23-15/h4-11H,21H2,1-3H3,(H,24,25). The Labute approximate surface area is 168 Å². The topological polar surface area (TPSA) is 81.2 Å². The van der Waals surface area contributed by atoms with Crippen molar-refractivity contribution in [2.24, 2.45) is 0 Å². The molecule has 0 unspecified atom stereocenters. The maximum atomic E-state index is 12.9. The molecule has 0 bridgehead atoms. The third kappa shape index (κ3) is 4.64. The van der Waals surface area contributed by atoms with Crippen LogP contribution in [0.3, 0.4) is 0 Å². The molecule has 1 amide bonds. The van der Waals surface area contributed by atoms with E-state index in [0.717, 1.165) is 11.0 Å². The van der Waals surface area contributed by atoms with E-state index in [1.165, 1.54) is 29.9 Å². The number of ether oxygens (including phenoxy) is 1. The second-order valence-electron chi connectivity index (χ2n) is 7.27. The van der Waals surface area contributed by atoms with E-state index in [0.29, 0.717) is 16.1 Å². The normalized spacial score (nSPS) is 11.1. The van der Waals surface area contributed by atoms with Crippen LogP contribution in [0.4, 0.5) is 5.00 Å². The number of thiophene rings is 1. The fourth-order valence-electron chi connectivity index (χ4n) is 2.51. The zero-order valence-electron chi connectivity index (χ0n) is 16.1. The van der Waals surface area contributed by atoms with Gasteiger partial charge < -0.3 is 10.1 Å². The zero-order chi connectivity index (χ0) is 20.3. The molecule has 0 radical (unpaired) electrons. The summed E-state index contributed by atoms with van der Waals surface area (Å²) < 4.78 is 5.58. The molecule has 2 heterocycles. The van der Waals surface area contributed by atoms with Gasteiger partial charge in [0.2, 0.25) is 0 Å². The summed E-state index contributed by atoms with van der Waals surface area (Å²) in [5.41, 5.74) is 2.56. The Bertz CT molecular complexity index is 996. The van der Waals surface area contributed by atoms with Crippen LogP contribution in [0.1, 0.15) is 41.6 Å². The highest BCUT2D eigenvalue weighted by molar-refractivity contribution is 7.15. The van der Waals surface area contributed by atoms with Crippen LogP contribution in [-0.2, 0) is 4.74 Å². The summed E-state index contributed by atoms with van der Waals surface area (Å²) in [5, 5.41) is 5.03. The number of hydrogen-bond acceptors (Lipinski definition) is 6. The summed E-state index contributed by atoms with van der Waals surface area (Å²) >= 11 is 1.27. The number of rotatable bonds is 4. The van der Waals surface area contributed by atoms with Gasteiger partial charge in [-0.25, -0.2) is 9.78 Å². The summed E-state index contributed by atoms with van der Waals surface area (Å²) in [6.07, 6.45) is 4.30. The van der Waals surface area contributed by atoms with Crippen molar-refractivity contribution in [3.05, 3.63) is 59.5 Å². The minimum absolute atomic E-state index is 0.169. The van der Waals surface area contributed by atoms with E-state index in [9.17, 15) is 9.59 Å². The molecule has 0 aliphatic carbocycles. The van der Waals surface area contributed by atoms with Crippen molar-refractivity contribution in [2.45, 2.75) is 26.4 Å². The van der Waals surface area contributed by atoms with Gasteiger partial charge in [-0.1, -0.05) is 29.7 Å². The molecule has 2 aromatic heterocycles. The van der Waals surface area contributed by atoms with Gasteiger partial charge in [-0.05, 0) is 26.3 Å². The van der Waals surface area contributed by atoms with Crippen molar-refractivity contribution < 1.29 is 14.3 Å². The minimum Gasteiger partial charge on any atom is -0.456 e. The summed E-state index contributed by atoms with van der Waals surface area (Å²) in [6, 6.07) is 7.84. The maximum absolute atomic E-state index is 12.9. The van der Waals surface area contributed by atoms with Crippen molar-refractivity contribution >= 4 is 41.5 Å². The van der Waals surface area contributed by atoms with E-state index in [-0.39, 0.29) is 5.69 Å². The van der Waals surface area contributed by atoms with E-state index in [4.69, 9.17) is 4.74 Å². The molecule has 0 aliphatic heterocycles. The second kappa shape index (κ2) is 7.94. The largest absolute Gasteiger partial charge is 0.456 e. The SMILES string of the molecule is Bc1ccc(-c2csc(NC(=O)c3cnccn3)c2C(=O)OC(C)(C)C)cc1. The summed E-state index contributed by atoms with van der Waals surface area (Å²) in [7, 11) is 2.00. The van der Waals surface area contributed by atoms with Crippen LogP contribution >= 0.6 is 11.3 Å². The zero-order valence-corrected chi connectivity index (χ0v) is 17.0. The molecule has 0 atom stereocenters. The molecule has 0 aliphatic rings. The van der Waals surface area contributed by atoms with Gasteiger partial charge in [-0.2, -0.15) is 0 Å². The lowest BCUT2D eigenvalue weighted by Gasteiger charge is -2.20. The van der Waals surface area contributed by atoms with E-state index in [1.807, 2.05) is 37.5 Å². The van der Waals surface area contributed by atoms with Gasteiger partial charge in [0, 0.05) is 23.3 Å². The lowest BCUT2D eigenvalue weighted by Crippen LogP contribution is -2.25. The van der Waals surface area contributed by atoms with Crippen LogP contribution in [0.15, 0.2) is 48.2 Å². The van der Waals surface area contributed by atoms with Crippen LogP contribution < -0.4 is 10.8 Å². The van der Waals surface area contributed by atoms with Crippen molar-refractivity contribution in [3.63, 3.8) is 0 Å². The van der Waals surface area contributed by atoms with E-state index in [1.54, 1.807) is 20.8 Å². The average molecular weight is 393 g/mol. The molecule has 8 heteroatoms. The van der Waals surface area contributed by atoms with Crippen LogP contribution in [0.5, 0.6) is 0 Å². The Balaban J connectivity index is 2.01. The van der Waals surface area contributed by atoms with Crippen LogP contribution in [0.2, 0.25) is 0 Å². The first-order valence-electron chi connectivity index (χ1n) is 8.74. The predicted molar refractivity (Wildman–Crippen MR) is 113 cm³/mol. The molecule has 28 heavy (non-hydrogen) atoms. The van der Waals surface area contributed by atoms with Gasteiger partial charge in [0.1, 0.15) is 29.7 Å². The molecular formula is C20H20BN3O3S. The van der Waals surface area contributed by atoms with E-state index in [2.05, 4.69) is 15.3 Å². The second-order valence-corrected chi connectivity index (χ2v) is 8.15. The first kappa shape index (κ1) is 19.8. The Kier molecular flexibility index (Phi) is 5.60. The summed E-state index contributed by atoms with van der Waals surface area (Å²) in [4.78, 5) is 33.3. The fourth-order valence-corrected chi connectivity index (χ4v) is 3.46. The number of aromatic nitrogens is 2. The van der Waals surface area contributed by atoms with Crippen molar-refractivity contribution in [2.75, 3.05) is 5.32 Å². The maximum Gasteiger partial charge on any atom is 0.342 e. The average Bonchev–Trinajstić information content (AvgIpc) is 3.05. The van der Waals surface area contributed by atoms with Gasteiger partial charge in [0.25, 0.3) is 5.91 Å². The number of esters is 1. The number of nitrogens with zero attached hydrogens (tertiary/aromatic N) is 2. The fraction of sp³-hybridized carbons (Fsp3) is 0.200. The Hall–Kier alpha value is -3.00. The summed E-state index contributed by atoms with van der Waals surface area (Å²) in [5.74, 6) is -0.922. The molecule has 1 N–H and O–H groups in total. The predicted octanol–water partition coefficient (Wildman–Crippen LogP) is 2.67. The van der Waals surface area contributed by atoms with Gasteiger partial charge >= 0.3 is 5.97 Å². The number of carbonyl (C=O) groups is 2. The molecular weight excluding hydrogens is 373 g/mol. The number of hydrogen-bond donors (Lipinski definition) is 1. The number of benzene rings is 1. The van der Waals surface area contributed by atoms with E-state index >= 15 is 0 Å². The van der Waals surface area contributed by atoms with Gasteiger partial charge in [-0.15, -0.1) is 11.3 Å². The lowest BCUT2D eigenvalue weighted by atomic mass is 9.93. The minimum atomic E-state index is -0.657.